The first kappa shape index (κ1) is 8.72. The van der Waals surface area contributed by atoms with Crippen molar-refractivity contribution in [1.29, 1.82) is 0 Å². The average molecular weight is 155 g/mol. The molecule has 2 heteroatoms. The second-order valence-electron chi connectivity index (χ2n) is 3.53. The molecule has 0 aliphatic carbocycles. The average Bonchev–Trinajstić information content (AvgIpc) is 2.04. The van der Waals surface area contributed by atoms with Crippen LogP contribution in [-0.4, -0.2) is 29.8 Å². The van der Waals surface area contributed by atoms with Crippen LogP contribution in [0.2, 0.25) is 0 Å². The summed E-state index contributed by atoms with van der Waals surface area (Å²) >= 11 is 0. The van der Waals surface area contributed by atoms with Crippen molar-refractivity contribution in [3.8, 4) is 0 Å². The SMILES string of the molecule is CC(C)N1CCCCC1C=O. The molecule has 0 saturated carbocycles. The second kappa shape index (κ2) is 3.86. The molecule has 0 radical (unpaired) electrons. The summed E-state index contributed by atoms with van der Waals surface area (Å²) in [6, 6.07) is 0.717. The molecule has 11 heavy (non-hydrogen) atoms. The lowest BCUT2D eigenvalue weighted by atomic mass is 10.0. The van der Waals surface area contributed by atoms with E-state index in [0.717, 1.165) is 19.3 Å². The monoisotopic (exact) mass is 155 g/mol. The zero-order valence-electron chi connectivity index (χ0n) is 7.42. The van der Waals surface area contributed by atoms with Gasteiger partial charge in [-0.15, -0.1) is 0 Å². The maximum atomic E-state index is 10.6. The summed E-state index contributed by atoms with van der Waals surface area (Å²) in [5.41, 5.74) is 0. The third-order valence-electron chi connectivity index (χ3n) is 2.41. The molecule has 1 saturated heterocycles. The van der Waals surface area contributed by atoms with Gasteiger partial charge in [0.05, 0.1) is 6.04 Å². The summed E-state index contributed by atoms with van der Waals surface area (Å²) in [6.07, 6.45) is 4.62. The molecule has 0 aromatic rings. The summed E-state index contributed by atoms with van der Waals surface area (Å²) in [7, 11) is 0. The van der Waals surface area contributed by atoms with Gasteiger partial charge in [-0.2, -0.15) is 0 Å². The third-order valence-corrected chi connectivity index (χ3v) is 2.41. The highest BCUT2D eigenvalue weighted by atomic mass is 16.1. The Morgan fingerprint density at radius 3 is 2.64 bits per heavy atom. The van der Waals surface area contributed by atoms with E-state index in [1.807, 2.05) is 0 Å². The number of likely N-dealkylation sites (tertiary alicyclic amines) is 1. The molecule has 64 valence electrons. The lowest BCUT2D eigenvalue weighted by Gasteiger charge is -2.35. The molecule has 1 atom stereocenters. The minimum absolute atomic E-state index is 0.198. The van der Waals surface area contributed by atoms with Crippen molar-refractivity contribution >= 4 is 6.29 Å². The summed E-state index contributed by atoms with van der Waals surface area (Å²) in [4.78, 5) is 12.9. The zero-order valence-corrected chi connectivity index (χ0v) is 7.42. The Bertz CT molecular complexity index is 134. The van der Waals surface area contributed by atoms with Gasteiger partial charge in [0.25, 0.3) is 0 Å². The Balaban J connectivity index is 2.51. The predicted molar refractivity (Wildman–Crippen MR) is 45.5 cm³/mol. The van der Waals surface area contributed by atoms with Gasteiger partial charge in [-0.1, -0.05) is 6.42 Å². The van der Waals surface area contributed by atoms with Crippen molar-refractivity contribution in [2.45, 2.75) is 45.2 Å². The van der Waals surface area contributed by atoms with Gasteiger partial charge in [0.2, 0.25) is 0 Å². The quantitative estimate of drug-likeness (QED) is 0.562. The molecule has 1 aliphatic heterocycles. The summed E-state index contributed by atoms with van der Waals surface area (Å²) in [5.74, 6) is 0. The van der Waals surface area contributed by atoms with Crippen molar-refractivity contribution in [2.24, 2.45) is 0 Å². The Morgan fingerprint density at radius 2 is 2.18 bits per heavy atom. The van der Waals surface area contributed by atoms with Crippen LogP contribution in [0.4, 0.5) is 0 Å². The first-order valence-electron chi connectivity index (χ1n) is 4.46. The standard InChI is InChI=1S/C9H17NO/c1-8(2)10-6-4-3-5-9(10)7-11/h7-9H,3-6H2,1-2H3. The fraction of sp³-hybridized carbons (Fsp3) is 0.889. The van der Waals surface area contributed by atoms with Gasteiger partial charge in [-0.25, -0.2) is 0 Å². The van der Waals surface area contributed by atoms with Gasteiger partial charge < -0.3 is 4.79 Å². The zero-order chi connectivity index (χ0) is 8.27. The predicted octanol–water partition coefficient (Wildman–Crippen LogP) is 1.45. The van der Waals surface area contributed by atoms with Crippen molar-refractivity contribution in [3.05, 3.63) is 0 Å². The Morgan fingerprint density at radius 1 is 1.45 bits per heavy atom. The normalized spacial score (nSPS) is 27.4. The number of aldehydes is 1. The molecular formula is C9H17NO. The van der Waals surface area contributed by atoms with Crippen LogP contribution >= 0.6 is 0 Å². The summed E-state index contributed by atoms with van der Waals surface area (Å²) in [6.45, 7) is 5.41. The van der Waals surface area contributed by atoms with Gasteiger partial charge in [-0.3, -0.25) is 4.90 Å². The lowest BCUT2D eigenvalue weighted by molar-refractivity contribution is -0.114. The van der Waals surface area contributed by atoms with E-state index in [2.05, 4.69) is 18.7 Å². The van der Waals surface area contributed by atoms with Gasteiger partial charge >= 0.3 is 0 Å². The minimum Gasteiger partial charge on any atom is -0.302 e. The number of rotatable bonds is 2. The van der Waals surface area contributed by atoms with Crippen LogP contribution in [0.5, 0.6) is 0 Å². The van der Waals surface area contributed by atoms with Crippen molar-refractivity contribution in [3.63, 3.8) is 0 Å². The van der Waals surface area contributed by atoms with Crippen molar-refractivity contribution in [2.75, 3.05) is 6.54 Å². The summed E-state index contributed by atoms with van der Waals surface area (Å²) < 4.78 is 0. The fourth-order valence-electron chi connectivity index (χ4n) is 1.77. The van der Waals surface area contributed by atoms with Gasteiger partial charge in [0, 0.05) is 6.04 Å². The van der Waals surface area contributed by atoms with E-state index in [0.29, 0.717) is 6.04 Å². The largest absolute Gasteiger partial charge is 0.302 e. The van der Waals surface area contributed by atoms with Crippen LogP contribution in [0, 0.1) is 0 Å². The molecule has 1 aliphatic rings. The molecule has 1 fully saturated rings. The number of hydrogen-bond donors (Lipinski definition) is 0. The highest BCUT2D eigenvalue weighted by Gasteiger charge is 2.23. The van der Waals surface area contributed by atoms with Crippen molar-refractivity contribution in [1.82, 2.24) is 4.90 Å². The van der Waals surface area contributed by atoms with E-state index in [-0.39, 0.29) is 6.04 Å². The van der Waals surface area contributed by atoms with E-state index in [1.54, 1.807) is 0 Å². The van der Waals surface area contributed by atoms with Crippen LogP contribution in [0.3, 0.4) is 0 Å². The highest BCUT2D eigenvalue weighted by Crippen LogP contribution is 2.17. The lowest BCUT2D eigenvalue weighted by Crippen LogP contribution is -2.44. The van der Waals surface area contributed by atoms with Gasteiger partial charge in [0.15, 0.2) is 0 Å². The topological polar surface area (TPSA) is 20.3 Å². The molecule has 0 aromatic heterocycles. The van der Waals surface area contributed by atoms with Crippen LogP contribution in [0.1, 0.15) is 33.1 Å². The summed E-state index contributed by atoms with van der Waals surface area (Å²) in [5, 5.41) is 0. The molecule has 1 unspecified atom stereocenters. The molecule has 0 amide bonds. The maximum absolute atomic E-state index is 10.6. The highest BCUT2D eigenvalue weighted by molar-refractivity contribution is 5.57. The minimum atomic E-state index is 0.198. The fourth-order valence-corrected chi connectivity index (χ4v) is 1.77. The van der Waals surface area contributed by atoms with Gasteiger partial charge in [-0.05, 0) is 33.2 Å². The van der Waals surface area contributed by atoms with Gasteiger partial charge in [0.1, 0.15) is 6.29 Å². The van der Waals surface area contributed by atoms with Crippen molar-refractivity contribution < 1.29 is 4.79 Å². The van der Waals surface area contributed by atoms with E-state index in [9.17, 15) is 4.79 Å². The number of carbonyl (C=O) groups excluding carboxylic acids is 1. The molecule has 0 bridgehead atoms. The van der Waals surface area contributed by atoms with Crippen LogP contribution in [0.25, 0.3) is 0 Å². The first-order chi connectivity index (χ1) is 5.25. The van der Waals surface area contributed by atoms with Crippen LogP contribution in [-0.2, 0) is 4.79 Å². The molecule has 1 heterocycles. The molecule has 0 spiro atoms. The van der Waals surface area contributed by atoms with E-state index >= 15 is 0 Å². The van der Waals surface area contributed by atoms with Crippen LogP contribution in [0.15, 0.2) is 0 Å². The Labute approximate surface area is 68.6 Å². The Kier molecular flexibility index (Phi) is 3.06. The maximum Gasteiger partial charge on any atom is 0.137 e. The number of hydrogen-bond acceptors (Lipinski definition) is 2. The molecule has 0 N–H and O–H groups in total. The molecule has 1 rings (SSSR count). The van der Waals surface area contributed by atoms with E-state index < -0.39 is 0 Å². The molecular weight excluding hydrogens is 138 g/mol. The number of carbonyl (C=O) groups is 1. The molecule has 0 aromatic carbocycles. The van der Waals surface area contributed by atoms with E-state index in [1.165, 1.54) is 12.8 Å². The Hall–Kier alpha value is -0.370. The smallest absolute Gasteiger partial charge is 0.137 e. The van der Waals surface area contributed by atoms with E-state index in [4.69, 9.17) is 0 Å². The number of nitrogens with zero attached hydrogens (tertiary/aromatic N) is 1. The number of piperidine rings is 1. The first-order valence-corrected chi connectivity index (χ1v) is 4.46. The molecule has 2 nitrogen and oxygen atoms in total. The second-order valence-corrected chi connectivity index (χ2v) is 3.53. The van der Waals surface area contributed by atoms with Crippen LogP contribution < -0.4 is 0 Å². The third kappa shape index (κ3) is 2.03.